The molecule has 0 fully saturated rings. The lowest BCUT2D eigenvalue weighted by molar-refractivity contribution is -0.153. The Morgan fingerprint density at radius 2 is 1.28 bits per heavy atom. The van der Waals surface area contributed by atoms with E-state index >= 15 is 0 Å². The van der Waals surface area contributed by atoms with Crippen LogP contribution in [0.5, 0.6) is 0 Å². The first-order valence-corrected chi connectivity index (χ1v) is 9.97. The van der Waals surface area contributed by atoms with Gasteiger partial charge in [-0.05, 0) is 66.2 Å². The van der Waals surface area contributed by atoms with Gasteiger partial charge in [-0.25, -0.2) is 0 Å². The van der Waals surface area contributed by atoms with Crippen LogP contribution in [0.25, 0.3) is 0 Å². The number of ether oxygens (including phenoxy) is 1. The van der Waals surface area contributed by atoms with Gasteiger partial charge in [0.25, 0.3) is 0 Å². The number of ketones is 1. The molecule has 0 atom stereocenters. The number of Topliss-reactive ketones (excluding diaryl/α,β-unsaturated/α-hetero) is 1. The first kappa shape index (κ1) is 23.9. The summed E-state index contributed by atoms with van der Waals surface area (Å²) in [6, 6.07) is 0. The van der Waals surface area contributed by atoms with E-state index < -0.39 is 0 Å². The Kier molecular flexibility index (Phi) is 11.7. The normalized spacial score (nSPS) is 12.6. The largest absolute Gasteiger partial charge is 0.466 e. The summed E-state index contributed by atoms with van der Waals surface area (Å²) in [5.74, 6) is 0.206. The standard InChI is InChI=1S/C22H40O3/c1-7-25-20(24)22(5,6)18-16-14-12-10-8-9-11-13-15-17-21(3,4)19(2)23/h8,10H,7,9,11-18H2,1-6H3/b10-8+. The Balaban J connectivity index is 3.65. The number of rotatable bonds is 14. The summed E-state index contributed by atoms with van der Waals surface area (Å²) < 4.78 is 5.11. The van der Waals surface area contributed by atoms with Crippen LogP contribution < -0.4 is 0 Å². The molecule has 0 amide bonds. The number of allylic oxidation sites excluding steroid dienone is 2. The number of esters is 1. The quantitative estimate of drug-likeness (QED) is 0.210. The molecule has 0 N–H and O–H groups in total. The molecule has 146 valence electrons. The molecule has 0 radical (unpaired) electrons. The van der Waals surface area contributed by atoms with Crippen molar-refractivity contribution in [3.05, 3.63) is 12.2 Å². The lowest BCUT2D eigenvalue weighted by Gasteiger charge is -2.21. The van der Waals surface area contributed by atoms with Crippen molar-refractivity contribution in [2.75, 3.05) is 6.61 Å². The molecule has 3 heteroatoms. The molecule has 0 unspecified atom stereocenters. The van der Waals surface area contributed by atoms with E-state index in [-0.39, 0.29) is 16.8 Å². The molecule has 0 aromatic rings. The lowest BCUT2D eigenvalue weighted by Crippen LogP contribution is -2.26. The molecule has 3 nitrogen and oxygen atoms in total. The molecule has 0 aliphatic heterocycles. The van der Waals surface area contributed by atoms with Gasteiger partial charge in [-0.3, -0.25) is 9.59 Å². The van der Waals surface area contributed by atoms with Crippen LogP contribution in [0.15, 0.2) is 12.2 Å². The zero-order valence-electron chi connectivity index (χ0n) is 17.5. The molecule has 25 heavy (non-hydrogen) atoms. The van der Waals surface area contributed by atoms with Crippen LogP contribution in [-0.4, -0.2) is 18.4 Å². The molecule has 0 saturated heterocycles. The maximum atomic E-state index is 11.8. The summed E-state index contributed by atoms with van der Waals surface area (Å²) in [6.45, 7) is 12.0. The predicted octanol–water partition coefficient (Wildman–Crippen LogP) is 6.26. The van der Waals surface area contributed by atoms with Gasteiger partial charge in [0, 0.05) is 5.41 Å². The molecule has 0 aliphatic rings. The first-order chi connectivity index (χ1) is 11.6. The van der Waals surface area contributed by atoms with Crippen LogP contribution in [0.4, 0.5) is 0 Å². The van der Waals surface area contributed by atoms with Crippen LogP contribution in [0.2, 0.25) is 0 Å². The second kappa shape index (κ2) is 12.3. The van der Waals surface area contributed by atoms with E-state index in [1.54, 1.807) is 6.92 Å². The monoisotopic (exact) mass is 352 g/mol. The van der Waals surface area contributed by atoms with Crippen LogP contribution in [-0.2, 0) is 14.3 Å². The second-order valence-electron chi connectivity index (χ2n) is 8.36. The molecule has 0 aliphatic carbocycles. The molecule has 0 spiro atoms. The fourth-order valence-electron chi connectivity index (χ4n) is 2.68. The van der Waals surface area contributed by atoms with Crippen molar-refractivity contribution in [3.63, 3.8) is 0 Å². The third-order valence-electron chi connectivity index (χ3n) is 5.04. The summed E-state index contributed by atoms with van der Waals surface area (Å²) in [4.78, 5) is 23.3. The smallest absolute Gasteiger partial charge is 0.311 e. The highest BCUT2D eigenvalue weighted by Gasteiger charge is 2.28. The van der Waals surface area contributed by atoms with Gasteiger partial charge in [0.2, 0.25) is 0 Å². The fraction of sp³-hybridized carbons (Fsp3) is 0.818. The molecular formula is C22H40O3. The summed E-state index contributed by atoms with van der Waals surface area (Å²) in [5, 5.41) is 0. The Bertz CT molecular complexity index is 419. The van der Waals surface area contributed by atoms with Crippen molar-refractivity contribution < 1.29 is 14.3 Å². The molecule has 0 saturated carbocycles. The van der Waals surface area contributed by atoms with Gasteiger partial charge in [0.1, 0.15) is 5.78 Å². The van der Waals surface area contributed by atoms with E-state index in [1.165, 1.54) is 12.8 Å². The zero-order chi connectivity index (χ0) is 19.3. The number of carbonyl (C=O) groups excluding carboxylic acids is 2. The van der Waals surface area contributed by atoms with E-state index in [2.05, 4.69) is 12.2 Å². The van der Waals surface area contributed by atoms with E-state index in [9.17, 15) is 9.59 Å². The Hall–Kier alpha value is -1.12. The summed E-state index contributed by atoms with van der Waals surface area (Å²) in [7, 11) is 0. The van der Waals surface area contributed by atoms with Crippen LogP contribution in [0.1, 0.15) is 99.3 Å². The third-order valence-corrected chi connectivity index (χ3v) is 5.04. The van der Waals surface area contributed by atoms with Crippen molar-refractivity contribution in [1.29, 1.82) is 0 Å². The van der Waals surface area contributed by atoms with Crippen molar-refractivity contribution >= 4 is 11.8 Å². The average molecular weight is 353 g/mol. The minimum atomic E-state index is -0.368. The van der Waals surface area contributed by atoms with Crippen molar-refractivity contribution in [3.8, 4) is 0 Å². The van der Waals surface area contributed by atoms with E-state index in [1.807, 2.05) is 34.6 Å². The Morgan fingerprint density at radius 3 is 1.80 bits per heavy atom. The van der Waals surface area contributed by atoms with Crippen molar-refractivity contribution in [2.24, 2.45) is 10.8 Å². The number of unbranched alkanes of at least 4 members (excludes halogenated alkanes) is 5. The molecule has 0 heterocycles. The lowest BCUT2D eigenvalue weighted by atomic mass is 9.83. The molecule has 0 bridgehead atoms. The molecule has 0 aromatic heterocycles. The number of hydrogen-bond donors (Lipinski definition) is 0. The SMILES string of the molecule is CCOC(=O)C(C)(C)CCCC/C=C/CCCCCC(C)(C)C(C)=O. The topological polar surface area (TPSA) is 43.4 Å². The van der Waals surface area contributed by atoms with Crippen molar-refractivity contribution in [1.82, 2.24) is 0 Å². The van der Waals surface area contributed by atoms with Gasteiger partial charge in [0.15, 0.2) is 0 Å². The molecular weight excluding hydrogens is 312 g/mol. The predicted molar refractivity (Wildman–Crippen MR) is 106 cm³/mol. The highest BCUT2D eigenvalue weighted by atomic mass is 16.5. The second-order valence-corrected chi connectivity index (χ2v) is 8.36. The summed E-state index contributed by atoms with van der Waals surface area (Å²) >= 11 is 0. The van der Waals surface area contributed by atoms with Crippen LogP contribution in [0.3, 0.4) is 0 Å². The van der Waals surface area contributed by atoms with Gasteiger partial charge in [0.05, 0.1) is 12.0 Å². The highest BCUT2D eigenvalue weighted by molar-refractivity contribution is 5.81. The molecule has 0 aromatic carbocycles. The van der Waals surface area contributed by atoms with Gasteiger partial charge < -0.3 is 4.74 Å². The van der Waals surface area contributed by atoms with Crippen LogP contribution >= 0.6 is 0 Å². The average Bonchev–Trinajstić information content (AvgIpc) is 2.52. The van der Waals surface area contributed by atoms with Gasteiger partial charge in [-0.1, -0.05) is 45.3 Å². The Morgan fingerprint density at radius 1 is 0.800 bits per heavy atom. The highest BCUT2D eigenvalue weighted by Crippen LogP contribution is 2.26. The van der Waals surface area contributed by atoms with E-state index in [0.29, 0.717) is 12.4 Å². The van der Waals surface area contributed by atoms with Crippen molar-refractivity contribution in [2.45, 2.75) is 99.3 Å². The Labute approximate surface area is 155 Å². The van der Waals surface area contributed by atoms with E-state index in [4.69, 9.17) is 4.74 Å². The van der Waals surface area contributed by atoms with Gasteiger partial charge >= 0.3 is 5.97 Å². The fourth-order valence-corrected chi connectivity index (χ4v) is 2.68. The first-order valence-electron chi connectivity index (χ1n) is 9.97. The maximum Gasteiger partial charge on any atom is 0.311 e. The number of hydrogen-bond acceptors (Lipinski definition) is 3. The van der Waals surface area contributed by atoms with Gasteiger partial charge in [-0.15, -0.1) is 0 Å². The zero-order valence-corrected chi connectivity index (χ0v) is 17.5. The van der Waals surface area contributed by atoms with Crippen LogP contribution in [0, 0.1) is 10.8 Å². The third kappa shape index (κ3) is 11.2. The van der Waals surface area contributed by atoms with Gasteiger partial charge in [-0.2, -0.15) is 0 Å². The maximum absolute atomic E-state index is 11.8. The minimum Gasteiger partial charge on any atom is -0.466 e. The minimum absolute atomic E-state index is 0.0847. The van der Waals surface area contributed by atoms with E-state index in [0.717, 1.165) is 44.9 Å². The molecule has 0 rings (SSSR count). The summed E-state index contributed by atoms with van der Waals surface area (Å²) in [5.41, 5.74) is -0.527. The number of carbonyl (C=O) groups is 2. The summed E-state index contributed by atoms with van der Waals surface area (Å²) in [6.07, 6.45) is 14.3.